The molecule has 0 aliphatic carbocycles. The third-order valence-corrected chi connectivity index (χ3v) is 3.64. The third-order valence-electron chi connectivity index (χ3n) is 2.83. The van der Waals surface area contributed by atoms with Crippen molar-refractivity contribution in [2.45, 2.75) is 25.9 Å². The van der Waals surface area contributed by atoms with Gasteiger partial charge in [0.25, 0.3) is 0 Å². The van der Waals surface area contributed by atoms with Gasteiger partial charge in [-0.3, -0.25) is 9.69 Å². The average molecular weight is 387 g/mol. The molecule has 0 atom stereocenters. The van der Waals surface area contributed by atoms with Crippen molar-refractivity contribution in [3.8, 4) is 0 Å². The second kappa shape index (κ2) is 8.15. The van der Waals surface area contributed by atoms with Crippen LogP contribution in [0.4, 0.5) is 13.2 Å². The fourth-order valence-electron chi connectivity index (χ4n) is 1.95. The van der Waals surface area contributed by atoms with Crippen molar-refractivity contribution in [3.05, 3.63) is 33.3 Å². The number of rotatable bonds is 7. The Kier molecular flexibility index (Phi) is 7.16. The Hall–Kier alpha value is -0.590. The summed E-state index contributed by atoms with van der Waals surface area (Å²) in [4.78, 5) is 13.3. The van der Waals surface area contributed by atoms with E-state index in [0.29, 0.717) is 23.6 Å². The fraction of sp³-hybridized carbons (Fsp3) is 0.500. The molecule has 21 heavy (non-hydrogen) atoms. The zero-order chi connectivity index (χ0) is 16.0. The molecule has 7 heteroatoms. The van der Waals surface area contributed by atoms with E-state index in [1.807, 2.05) is 0 Å². The van der Waals surface area contributed by atoms with Crippen LogP contribution < -0.4 is 0 Å². The van der Waals surface area contributed by atoms with Crippen LogP contribution in [0.5, 0.6) is 0 Å². The Balaban J connectivity index is 2.64. The van der Waals surface area contributed by atoms with Gasteiger partial charge in [-0.2, -0.15) is 13.2 Å². The second-order valence-electron chi connectivity index (χ2n) is 4.69. The minimum Gasteiger partial charge on any atom is -0.295 e. The van der Waals surface area contributed by atoms with E-state index in [-0.39, 0.29) is 18.7 Å². The van der Waals surface area contributed by atoms with Crippen molar-refractivity contribution in [2.24, 2.45) is 0 Å². The topological polar surface area (TPSA) is 20.3 Å². The Morgan fingerprint density at radius 2 is 2.00 bits per heavy atom. The van der Waals surface area contributed by atoms with Gasteiger partial charge < -0.3 is 0 Å². The first kappa shape index (κ1) is 18.5. The number of carbonyl (C=O) groups excluding carboxylic acids is 1. The molecule has 0 spiro atoms. The number of Topliss-reactive ketones (excluding diaryl/α,β-unsaturated/α-hetero) is 1. The molecule has 0 amide bonds. The van der Waals surface area contributed by atoms with Crippen LogP contribution >= 0.6 is 27.5 Å². The van der Waals surface area contributed by atoms with Crippen molar-refractivity contribution in [2.75, 3.05) is 19.6 Å². The summed E-state index contributed by atoms with van der Waals surface area (Å²) in [6.07, 6.45) is -3.64. The van der Waals surface area contributed by atoms with Crippen molar-refractivity contribution >= 4 is 33.3 Å². The quantitative estimate of drug-likeness (QED) is 0.618. The Bertz CT molecular complexity index is 494. The van der Waals surface area contributed by atoms with Crippen LogP contribution in [0.15, 0.2) is 22.7 Å². The highest BCUT2D eigenvalue weighted by atomic mass is 79.9. The van der Waals surface area contributed by atoms with Crippen molar-refractivity contribution < 1.29 is 18.0 Å². The summed E-state index contributed by atoms with van der Waals surface area (Å²) < 4.78 is 38.0. The number of halogens is 5. The molecule has 0 N–H and O–H groups in total. The summed E-state index contributed by atoms with van der Waals surface area (Å²) >= 11 is 9.20. The minimum absolute atomic E-state index is 0.0113. The number of benzene rings is 1. The van der Waals surface area contributed by atoms with E-state index in [0.717, 1.165) is 4.47 Å². The number of ketones is 1. The van der Waals surface area contributed by atoms with Crippen LogP contribution in [0.3, 0.4) is 0 Å². The van der Waals surface area contributed by atoms with Gasteiger partial charge in [0, 0.05) is 23.0 Å². The highest BCUT2D eigenvalue weighted by Crippen LogP contribution is 2.23. The van der Waals surface area contributed by atoms with Crippen molar-refractivity contribution in [1.82, 2.24) is 4.90 Å². The predicted octanol–water partition coefficient (Wildman–Crippen LogP) is 4.95. The van der Waals surface area contributed by atoms with Gasteiger partial charge in [0.1, 0.15) is 0 Å². The number of carbonyl (C=O) groups is 1. The molecule has 1 aromatic rings. The lowest BCUT2D eigenvalue weighted by Crippen LogP contribution is -2.36. The third kappa shape index (κ3) is 6.80. The van der Waals surface area contributed by atoms with Crippen LogP contribution in [-0.4, -0.2) is 36.5 Å². The van der Waals surface area contributed by atoms with Crippen LogP contribution in [0.25, 0.3) is 0 Å². The van der Waals surface area contributed by atoms with E-state index < -0.39 is 12.7 Å². The molecule has 0 unspecified atom stereocenters. The number of hydrogen-bond acceptors (Lipinski definition) is 2. The molecule has 0 radical (unpaired) electrons. The fourth-order valence-corrected chi connectivity index (χ4v) is 2.73. The van der Waals surface area contributed by atoms with E-state index in [4.69, 9.17) is 11.6 Å². The molecule has 0 fully saturated rings. The van der Waals surface area contributed by atoms with Crippen molar-refractivity contribution in [1.29, 1.82) is 0 Å². The Morgan fingerprint density at radius 3 is 2.52 bits per heavy atom. The smallest absolute Gasteiger partial charge is 0.295 e. The summed E-state index contributed by atoms with van der Waals surface area (Å²) in [6, 6.07) is 4.84. The summed E-state index contributed by atoms with van der Waals surface area (Å²) in [5.74, 6) is -0.254. The van der Waals surface area contributed by atoms with E-state index >= 15 is 0 Å². The molecule has 0 saturated carbocycles. The van der Waals surface area contributed by atoms with Crippen LogP contribution in [0.2, 0.25) is 5.02 Å². The highest BCUT2D eigenvalue weighted by molar-refractivity contribution is 9.10. The molecule has 0 aliphatic heterocycles. The predicted molar refractivity (Wildman–Crippen MR) is 80.9 cm³/mol. The van der Waals surface area contributed by atoms with E-state index in [2.05, 4.69) is 15.9 Å². The molecular weight excluding hydrogens is 371 g/mol. The average Bonchev–Trinajstić information content (AvgIpc) is 2.34. The van der Waals surface area contributed by atoms with Gasteiger partial charge in [-0.15, -0.1) is 0 Å². The minimum atomic E-state index is -4.26. The molecule has 0 bridgehead atoms. The first-order chi connectivity index (χ1) is 9.73. The first-order valence-electron chi connectivity index (χ1n) is 6.50. The zero-order valence-corrected chi connectivity index (χ0v) is 13.9. The van der Waals surface area contributed by atoms with Gasteiger partial charge in [0.05, 0.1) is 11.6 Å². The molecule has 0 saturated heterocycles. The van der Waals surface area contributed by atoms with Crippen LogP contribution in [0.1, 0.15) is 30.1 Å². The van der Waals surface area contributed by atoms with E-state index in [1.165, 1.54) is 4.90 Å². The second-order valence-corrected chi connectivity index (χ2v) is 6.01. The van der Waals surface area contributed by atoms with Gasteiger partial charge in [0.15, 0.2) is 5.78 Å². The molecule has 1 aromatic carbocycles. The first-order valence-corrected chi connectivity index (χ1v) is 7.67. The molecule has 2 nitrogen and oxygen atoms in total. The van der Waals surface area contributed by atoms with Gasteiger partial charge in [0.2, 0.25) is 0 Å². The lowest BCUT2D eigenvalue weighted by Gasteiger charge is -2.22. The highest BCUT2D eigenvalue weighted by Gasteiger charge is 2.30. The Labute approximate surface area is 135 Å². The lowest BCUT2D eigenvalue weighted by molar-refractivity contribution is -0.145. The molecule has 1 rings (SSSR count). The number of nitrogens with zero attached hydrogens (tertiary/aromatic N) is 1. The maximum atomic E-state index is 12.4. The number of alkyl halides is 3. The van der Waals surface area contributed by atoms with Gasteiger partial charge in [-0.25, -0.2) is 0 Å². The summed E-state index contributed by atoms with van der Waals surface area (Å²) in [5.41, 5.74) is 0.336. The molecular formula is C14H16BrClF3NO. The molecule has 0 heterocycles. The monoisotopic (exact) mass is 385 g/mol. The molecule has 0 aliphatic rings. The van der Waals surface area contributed by atoms with Gasteiger partial charge in [-0.05, 0) is 31.2 Å². The van der Waals surface area contributed by atoms with Crippen LogP contribution in [-0.2, 0) is 0 Å². The van der Waals surface area contributed by atoms with Crippen molar-refractivity contribution in [3.63, 3.8) is 0 Å². The van der Waals surface area contributed by atoms with Crippen LogP contribution in [0, 0.1) is 0 Å². The van der Waals surface area contributed by atoms with E-state index in [9.17, 15) is 18.0 Å². The lowest BCUT2D eigenvalue weighted by atomic mass is 10.1. The zero-order valence-electron chi connectivity index (χ0n) is 11.5. The largest absolute Gasteiger partial charge is 0.401 e. The van der Waals surface area contributed by atoms with Gasteiger partial charge >= 0.3 is 6.18 Å². The standard InChI is InChI=1S/C14H16BrClF3NO/c1-2-6-20(9-14(17,18)19)7-5-13(21)11-4-3-10(15)8-12(11)16/h3-4,8H,2,5-7,9H2,1H3. The SMILES string of the molecule is CCCN(CCC(=O)c1ccc(Br)cc1Cl)CC(F)(F)F. The Morgan fingerprint density at radius 1 is 1.33 bits per heavy atom. The summed E-state index contributed by atoms with van der Waals surface area (Å²) in [6.45, 7) is 1.18. The summed E-state index contributed by atoms with van der Waals surface area (Å²) in [7, 11) is 0. The molecule has 0 aromatic heterocycles. The normalized spacial score (nSPS) is 12.0. The maximum Gasteiger partial charge on any atom is 0.401 e. The van der Waals surface area contributed by atoms with Gasteiger partial charge in [-0.1, -0.05) is 34.5 Å². The summed E-state index contributed by atoms with van der Waals surface area (Å²) in [5, 5.41) is 0.298. The molecule has 118 valence electrons. The maximum absolute atomic E-state index is 12.4. The number of hydrogen-bond donors (Lipinski definition) is 0. The van der Waals surface area contributed by atoms with E-state index in [1.54, 1.807) is 25.1 Å².